The number of nitrogens with one attached hydrogen (secondary N) is 1. The molecule has 0 bridgehead atoms. The number of halogens is 4. The van der Waals surface area contributed by atoms with Crippen LogP contribution in [0.2, 0.25) is 10.0 Å². The second-order valence-electron chi connectivity index (χ2n) is 3.23. The van der Waals surface area contributed by atoms with Crippen molar-refractivity contribution in [2.75, 3.05) is 5.32 Å². The molecule has 6 heteroatoms. The molecule has 1 N–H and O–H groups in total. The molecule has 1 heterocycles. The summed E-state index contributed by atoms with van der Waals surface area (Å²) in [4.78, 5) is 4.21. The minimum atomic E-state index is 0.591. The third-order valence-electron chi connectivity index (χ3n) is 1.99. The van der Waals surface area contributed by atoms with E-state index in [1.807, 2.05) is 18.2 Å². The summed E-state index contributed by atoms with van der Waals surface area (Å²) in [7, 11) is 0. The fourth-order valence-corrected chi connectivity index (χ4v) is 2.97. The number of anilines is 2. The van der Waals surface area contributed by atoms with E-state index in [0.717, 1.165) is 19.5 Å². The Bertz CT molecular complexity index is 514. The van der Waals surface area contributed by atoms with E-state index in [4.69, 9.17) is 23.2 Å². The molecule has 0 saturated heterocycles. The lowest BCUT2D eigenvalue weighted by Crippen LogP contribution is -1.96. The molecule has 0 aliphatic rings. The SMILES string of the molecule is Clc1cnc(Nc2ccc(Cl)cc2I)c(Br)c1. The van der Waals surface area contributed by atoms with Gasteiger partial charge in [0.05, 0.1) is 15.2 Å². The van der Waals surface area contributed by atoms with Crippen LogP contribution in [0, 0.1) is 3.57 Å². The second-order valence-corrected chi connectivity index (χ2v) is 6.12. The van der Waals surface area contributed by atoms with Crippen LogP contribution in [0.5, 0.6) is 0 Å². The summed E-state index contributed by atoms with van der Waals surface area (Å²) in [6.45, 7) is 0. The molecule has 0 aliphatic carbocycles. The molecule has 0 unspecified atom stereocenters. The zero-order valence-electron chi connectivity index (χ0n) is 8.35. The van der Waals surface area contributed by atoms with Gasteiger partial charge in [-0.1, -0.05) is 23.2 Å². The first-order valence-corrected chi connectivity index (χ1v) is 7.22. The first-order valence-electron chi connectivity index (χ1n) is 4.59. The van der Waals surface area contributed by atoms with Gasteiger partial charge in [0.1, 0.15) is 5.82 Å². The minimum Gasteiger partial charge on any atom is -0.338 e. The summed E-state index contributed by atoms with van der Waals surface area (Å²) >= 11 is 17.4. The minimum absolute atomic E-state index is 0.591. The van der Waals surface area contributed by atoms with Crippen LogP contribution in [0.4, 0.5) is 11.5 Å². The van der Waals surface area contributed by atoms with Crippen molar-refractivity contribution in [3.8, 4) is 0 Å². The van der Waals surface area contributed by atoms with E-state index in [9.17, 15) is 0 Å². The molecule has 2 rings (SSSR count). The molecule has 0 atom stereocenters. The number of nitrogens with zero attached hydrogens (tertiary/aromatic N) is 1. The van der Waals surface area contributed by atoms with E-state index in [0.29, 0.717) is 10.0 Å². The van der Waals surface area contributed by atoms with Gasteiger partial charge in [0.2, 0.25) is 0 Å². The van der Waals surface area contributed by atoms with Gasteiger partial charge >= 0.3 is 0 Å². The summed E-state index contributed by atoms with van der Waals surface area (Å²) in [6.07, 6.45) is 1.59. The highest BCUT2D eigenvalue weighted by Crippen LogP contribution is 2.29. The van der Waals surface area contributed by atoms with Gasteiger partial charge in [0, 0.05) is 14.8 Å². The van der Waals surface area contributed by atoms with E-state index >= 15 is 0 Å². The standard InChI is InChI=1S/C11H6BrCl2IN2/c12-8-3-7(14)5-16-11(8)17-10-2-1-6(13)4-9(10)15/h1-5H,(H,16,17). The van der Waals surface area contributed by atoms with Gasteiger partial charge in [-0.25, -0.2) is 4.98 Å². The smallest absolute Gasteiger partial charge is 0.144 e. The molecule has 0 fully saturated rings. The zero-order chi connectivity index (χ0) is 12.4. The maximum Gasteiger partial charge on any atom is 0.144 e. The molecule has 2 aromatic rings. The molecule has 17 heavy (non-hydrogen) atoms. The van der Waals surface area contributed by atoms with Crippen molar-refractivity contribution in [2.45, 2.75) is 0 Å². The van der Waals surface area contributed by atoms with E-state index in [-0.39, 0.29) is 0 Å². The summed E-state index contributed by atoms with van der Waals surface area (Å²) in [5.74, 6) is 0.717. The average Bonchev–Trinajstić information content (AvgIpc) is 2.25. The Labute approximate surface area is 131 Å². The Hall–Kier alpha value is -0.0400. The molecule has 1 aromatic carbocycles. The van der Waals surface area contributed by atoms with Crippen LogP contribution in [-0.2, 0) is 0 Å². The molecule has 2 nitrogen and oxygen atoms in total. The van der Waals surface area contributed by atoms with E-state index in [1.165, 1.54) is 0 Å². The molecule has 1 aromatic heterocycles. The maximum atomic E-state index is 5.90. The van der Waals surface area contributed by atoms with E-state index < -0.39 is 0 Å². The third kappa shape index (κ3) is 3.47. The first-order chi connectivity index (χ1) is 8.06. The Morgan fingerprint density at radius 2 is 1.94 bits per heavy atom. The topological polar surface area (TPSA) is 24.9 Å². The highest BCUT2D eigenvalue weighted by molar-refractivity contribution is 14.1. The van der Waals surface area contributed by atoms with Gasteiger partial charge in [-0.2, -0.15) is 0 Å². The number of aromatic nitrogens is 1. The lowest BCUT2D eigenvalue weighted by molar-refractivity contribution is 1.29. The lowest BCUT2D eigenvalue weighted by Gasteiger charge is -2.09. The quantitative estimate of drug-likeness (QED) is 0.620. The Kier molecular flexibility index (Phi) is 4.52. The van der Waals surface area contributed by atoms with Crippen LogP contribution >= 0.6 is 61.7 Å². The molecule has 88 valence electrons. The highest BCUT2D eigenvalue weighted by Gasteiger charge is 2.05. The monoisotopic (exact) mass is 442 g/mol. The van der Waals surface area contributed by atoms with Crippen LogP contribution in [-0.4, -0.2) is 4.98 Å². The largest absolute Gasteiger partial charge is 0.338 e. The second kappa shape index (κ2) is 5.73. The number of hydrogen-bond donors (Lipinski definition) is 1. The predicted octanol–water partition coefficient (Wildman–Crippen LogP) is 5.50. The molecule has 0 radical (unpaired) electrons. The third-order valence-corrected chi connectivity index (χ3v) is 3.93. The van der Waals surface area contributed by atoms with Crippen molar-refractivity contribution in [2.24, 2.45) is 0 Å². The van der Waals surface area contributed by atoms with Gasteiger partial charge in [-0.15, -0.1) is 0 Å². The van der Waals surface area contributed by atoms with Crippen molar-refractivity contribution in [3.05, 3.63) is 48.6 Å². The van der Waals surface area contributed by atoms with Gasteiger partial charge in [-0.05, 0) is 62.8 Å². The summed E-state index contributed by atoms with van der Waals surface area (Å²) in [6, 6.07) is 7.41. The van der Waals surface area contributed by atoms with Crippen LogP contribution in [0.3, 0.4) is 0 Å². The highest BCUT2D eigenvalue weighted by atomic mass is 127. The Morgan fingerprint density at radius 3 is 2.59 bits per heavy atom. The van der Waals surface area contributed by atoms with Crippen LogP contribution in [0.25, 0.3) is 0 Å². The van der Waals surface area contributed by atoms with Crippen LogP contribution < -0.4 is 5.32 Å². The Balaban J connectivity index is 2.31. The predicted molar refractivity (Wildman–Crippen MR) is 84.4 cm³/mol. The molecular formula is C11H6BrCl2IN2. The van der Waals surface area contributed by atoms with Gasteiger partial charge in [0.15, 0.2) is 0 Å². The van der Waals surface area contributed by atoms with Crippen molar-refractivity contribution < 1.29 is 0 Å². The number of hydrogen-bond acceptors (Lipinski definition) is 2. The van der Waals surface area contributed by atoms with Crippen molar-refractivity contribution in [1.82, 2.24) is 4.98 Å². The fourth-order valence-electron chi connectivity index (χ4n) is 1.22. The summed E-state index contributed by atoms with van der Waals surface area (Å²) < 4.78 is 1.84. The molecule has 0 amide bonds. The first kappa shape index (κ1) is 13.4. The zero-order valence-corrected chi connectivity index (χ0v) is 13.6. The summed E-state index contributed by atoms with van der Waals surface area (Å²) in [5.41, 5.74) is 0.950. The van der Waals surface area contributed by atoms with E-state index in [2.05, 4.69) is 48.8 Å². The van der Waals surface area contributed by atoms with Crippen LogP contribution in [0.15, 0.2) is 34.9 Å². The molecular weight excluding hydrogens is 438 g/mol. The average molecular weight is 444 g/mol. The number of rotatable bonds is 2. The van der Waals surface area contributed by atoms with Crippen molar-refractivity contribution in [1.29, 1.82) is 0 Å². The van der Waals surface area contributed by atoms with Crippen LogP contribution in [0.1, 0.15) is 0 Å². The number of pyridine rings is 1. The van der Waals surface area contributed by atoms with Gasteiger partial charge in [-0.3, -0.25) is 0 Å². The van der Waals surface area contributed by atoms with Gasteiger partial charge in [0.25, 0.3) is 0 Å². The number of benzene rings is 1. The fraction of sp³-hybridized carbons (Fsp3) is 0. The maximum absolute atomic E-state index is 5.90. The summed E-state index contributed by atoms with van der Waals surface area (Å²) in [5, 5.41) is 4.51. The Morgan fingerprint density at radius 1 is 1.18 bits per heavy atom. The van der Waals surface area contributed by atoms with E-state index in [1.54, 1.807) is 12.3 Å². The molecule has 0 aliphatic heterocycles. The van der Waals surface area contributed by atoms with Crippen molar-refractivity contribution >= 4 is 73.2 Å². The van der Waals surface area contributed by atoms with Crippen molar-refractivity contribution in [3.63, 3.8) is 0 Å². The van der Waals surface area contributed by atoms with Gasteiger partial charge < -0.3 is 5.32 Å². The normalized spacial score (nSPS) is 10.4. The molecule has 0 spiro atoms. The molecule has 0 saturated carbocycles. The lowest BCUT2D eigenvalue weighted by atomic mass is 10.3.